The summed E-state index contributed by atoms with van der Waals surface area (Å²) in [5.74, 6) is 0.107. The van der Waals surface area contributed by atoms with E-state index in [-0.39, 0.29) is 12.1 Å². The summed E-state index contributed by atoms with van der Waals surface area (Å²) in [5.41, 5.74) is 5.83. The van der Waals surface area contributed by atoms with Crippen LogP contribution in [0.25, 0.3) is 10.9 Å². The Morgan fingerprint density at radius 2 is 1.84 bits per heavy atom. The van der Waals surface area contributed by atoms with Crippen LogP contribution in [-0.2, 0) is 17.9 Å². The number of aromatic nitrogens is 2. The third kappa shape index (κ3) is 4.45. The SMILES string of the molecule is NC(=O)Cn1c(C[NH2+]C2CCCCCCC2)nc2ccccc2c1=O. The number of primary amides is 1. The molecule has 0 spiro atoms. The quantitative estimate of drug-likeness (QED) is 0.850. The Balaban J connectivity index is 1.85. The van der Waals surface area contributed by atoms with Crippen LogP contribution in [0.15, 0.2) is 29.1 Å². The minimum Gasteiger partial charge on any atom is -0.368 e. The molecule has 0 aliphatic heterocycles. The monoisotopic (exact) mass is 343 g/mol. The molecule has 1 aromatic heterocycles. The maximum atomic E-state index is 12.7. The predicted octanol–water partition coefficient (Wildman–Crippen LogP) is 1.06. The number of nitrogens with two attached hydrogens (primary N) is 2. The molecule has 0 unspecified atom stereocenters. The Bertz CT molecular complexity index is 792. The molecule has 6 nitrogen and oxygen atoms in total. The molecule has 2 aromatic rings. The van der Waals surface area contributed by atoms with Gasteiger partial charge >= 0.3 is 0 Å². The average molecular weight is 343 g/mol. The molecule has 0 bridgehead atoms. The van der Waals surface area contributed by atoms with Crippen LogP contribution in [0.1, 0.15) is 50.8 Å². The van der Waals surface area contributed by atoms with Crippen molar-refractivity contribution in [3.63, 3.8) is 0 Å². The standard InChI is InChI=1S/C19H26N4O2/c20-17(24)13-23-18(12-21-14-8-4-2-1-3-5-9-14)22-16-11-7-6-10-15(16)19(23)25/h6-7,10-11,14,21H,1-5,8-9,12-13H2,(H2,20,24)/p+1. The van der Waals surface area contributed by atoms with Gasteiger partial charge in [-0.25, -0.2) is 4.98 Å². The molecule has 0 atom stereocenters. The number of fused-ring (bicyclic) bond motifs is 1. The number of hydrogen-bond acceptors (Lipinski definition) is 3. The van der Waals surface area contributed by atoms with Crippen molar-refractivity contribution in [3.05, 3.63) is 40.4 Å². The normalized spacial score (nSPS) is 16.5. The first-order valence-corrected chi connectivity index (χ1v) is 9.25. The lowest BCUT2D eigenvalue weighted by Gasteiger charge is -2.19. The van der Waals surface area contributed by atoms with E-state index in [4.69, 9.17) is 5.73 Å². The van der Waals surface area contributed by atoms with Gasteiger partial charge in [0.1, 0.15) is 13.1 Å². The second kappa shape index (κ2) is 8.25. The zero-order valence-corrected chi connectivity index (χ0v) is 14.6. The smallest absolute Gasteiger partial charge is 0.262 e. The van der Waals surface area contributed by atoms with Crippen molar-refractivity contribution in [2.24, 2.45) is 5.73 Å². The molecule has 1 saturated carbocycles. The fourth-order valence-corrected chi connectivity index (χ4v) is 3.68. The van der Waals surface area contributed by atoms with E-state index < -0.39 is 5.91 Å². The summed E-state index contributed by atoms with van der Waals surface area (Å²) in [7, 11) is 0. The number of nitrogens with zero attached hydrogens (tertiary/aromatic N) is 2. The second-order valence-corrected chi connectivity index (χ2v) is 6.95. The van der Waals surface area contributed by atoms with Crippen LogP contribution in [0.5, 0.6) is 0 Å². The maximum Gasteiger partial charge on any atom is 0.262 e. The summed E-state index contributed by atoms with van der Waals surface area (Å²) in [4.78, 5) is 28.8. The highest BCUT2D eigenvalue weighted by atomic mass is 16.2. The summed E-state index contributed by atoms with van der Waals surface area (Å²) in [5, 5.41) is 2.80. The maximum absolute atomic E-state index is 12.7. The molecule has 1 aliphatic carbocycles. The van der Waals surface area contributed by atoms with Crippen molar-refractivity contribution < 1.29 is 10.1 Å². The van der Waals surface area contributed by atoms with E-state index in [1.165, 1.54) is 49.5 Å². The topological polar surface area (TPSA) is 94.6 Å². The van der Waals surface area contributed by atoms with Crippen LogP contribution >= 0.6 is 0 Å². The van der Waals surface area contributed by atoms with Gasteiger partial charge < -0.3 is 11.1 Å². The molecule has 0 radical (unpaired) electrons. The fourth-order valence-electron chi connectivity index (χ4n) is 3.68. The Hall–Kier alpha value is -2.21. The lowest BCUT2D eigenvalue weighted by Crippen LogP contribution is -2.88. The van der Waals surface area contributed by atoms with Crippen LogP contribution in [0.3, 0.4) is 0 Å². The molecule has 1 heterocycles. The number of quaternary nitrogens is 1. The van der Waals surface area contributed by atoms with Crippen molar-refractivity contribution in [1.29, 1.82) is 0 Å². The zero-order chi connectivity index (χ0) is 17.6. The first-order valence-electron chi connectivity index (χ1n) is 9.25. The van der Waals surface area contributed by atoms with Crippen LogP contribution in [0, 0.1) is 0 Å². The van der Waals surface area contributed by atoms with Gasteiger partial charge in [-0.05, 0) is 37.8 Å². The molecule has 4 N–H and O–H groups in total. The molecule has 6 heteroatoms. The fraction of sp³-hybridized carbons (Fsp3) is 0.526. The van der Waals surface area contributed by atoms with Crippen molar-refractivity contribution in [3.8, 4) is 0 Å². The predicted molar refractivity (Wildman–Crippen MR) is 96.9 cm³/mol. The highest BCUT2D eigenvalue weighted by Gasteiger charge is 2.18. The van der Waals surface area contributed by atoms with E-state index in [1.54, 1.807) is 12.1 Å². The van der Waals surface area contributed by atoms with Gasteiger partial charge in [-0.15, -0.1) is 0 Å². The van der Waals surface area contributed by atoms with Gasteiger partial charge in [0.25, 0.3) is 5.56 Å². The molecule has 25 heavy (non-hydrogen) atoms. The van der Waals surface area contributed by atoms with Crippen molar-refractivity contribution in [2.75, 3.05) is 0 Å². The van der Waals surface area contributed by atoms with Crippen molar-refractivity contribution in [2.45, 2.75) is 64.1 Å². The van der Waals surface area contributed by atoms with E-state index >= 15 is 0 Å². The molecule has 1 aromatic carbocycles. The molecule has 3 rings (SSSR count). The van der Waals surface area contributed by atoms with Crippen LogP contribution < -0.4 is 16.6 Å². The molecule has 1 aliphatic rings. The number of benzene rings is 1. The minimum atomic E-state index is -0.522. The molecular weight excluding hydrogens is 316 g/mol. The number of amides is 1. The molecular formula is C19H27N4O2+. The number of carbonyl (C=O) groups excluding carboxylic acids is 1. The molecule has 1 amide bonds. The van der Waals surface area contributed by atoms with E-state index in [0.29, 0.717) is 29.3 Å². The number of carbonyl (C=O) groups is 1. The molecule has 134 valence electrons. The summed E-state index contributed by atoms with van der Waals surface area (Å²) in [6, 6.07) is 7.82. The summed E-state index contributed by atoms with van der Waals surface area (Å²) in [6.45, 7) is 0.475. The van der Waals surface area contributed by atoms with Crippen LogP contribution in [0.2, 0.25) is 0 Å². The third-order valence-corrected chi connectivity index (χ3v) is 5.04. The summed E-state index contributed by atoms with van der Waals surface area (Å²) in [6.07, 6.45) is 8.90. The van der Waals surface area contributed by atoms with E-state index in [9.17, 15) is 9.59 Å². The molecule has 1 fully saturated rings. The first kappa shape index (κ1) is 17.6. The van der Waals surface area contributed by atoms with Gasteiger partial charge in [0, 0.05) is 0 Å². The Kier molecular flexibility index (Phi) is 5.81. The minimum absolute atomic E-state index is 0.121. The largest absolute Gasteiger partial charge is 0.368 e. The van der Waals surface area contributed by atoms with Crippen molar-refractivity contribution >= 4 is 16.8 Å². The molecule has 0 saturated heterocycles. The van der Waals surface area contributed by atoms with Gasteiger partial charge in [0.15, 0.2) is 5.82 Å². The lowest BCUT2D eigenvalue weighted by atomic mass is 9.97. The van der Waals surface area contributed by atoms with Gasteiger partial charge in [0.05, 0.1) is 16.9 Å². The third-order valence-electron chi connectivity index (χ3n) is 5.04. The lowest BCUT2D eigenvalue weighted by molar-refractivity contribution is -0.707. The number of rotatable bonds is 5. The van der Waals surface area contributed by atoms with Gasteiger partial charge in [-0.1, -0.05) is 31.4 Å². The van der Waals surface area contributed by atoms with Crippen molar-refractivity contribution in [1.82, 2.24) is 9.55 Å². The highest BCUT2D eigenvalue weighted by Crippen LogP contribution is 2.15. The zero-order valence-electron chi connectivity index (χ0n) is 14.6. The first-order chi connectivity index (χ1) is 12.1. The number of para-hydroxylation sites is 1. The summed E-state index contributed by atoms with van der Waals surface area (Å²) >= 11 is 0. The van der Waals surface area contributed by atoms with E-state index in [1.807, 2.05) is 12.1 Å². The van der Waals surface area contributed by atoms with E-state index in [0.717, 1.165) is 0 Å². The van der Waals surface area contributed by atoms with Gasteiger partial charge in [-0.2, -0.15) is 0 Å². The van der Waals surface area contributed by atoms with Gasteiger partial charge in [-0.3, -0.25) is 14.2 Å². The van der Waals surface area contributed by atoms with Gasteiger partial charge in [0.2, 0.25) is 5.91 Å². The Morgan fingerprint density at radius 3 is 2.56 bits per heavy atom. The van der Waals surface area contributed by atoms with Crippen LogP contribution in [0.4, 0.5) is 0 Å². The highest BCUT2D eigenvalue weighted by molar-refractivity contribution is 5.78. The number of hydrogen-bond donors (Lipinski definition) is 2. The summed E-state index contributed by atoms with van der Waals surface area (Å²) < 4.78 is 1.43. The average Bonchev–Trinajstić information content (AvgIpc) is 2.56. The van der Waals surface area contributed by atoms with E-state index in [2.05, 4.69) is 10.3 Å². The Labute approximate surface area is 147 Å². The second-order valence-electron chi connectivity index (χ2n) is 6.95. The van der Waals surface area contributed by atoms with Crippen LogP contribution in [-0.4, -0.2) is 21.5 Å². The Morgan fingerprint density at radius 1 is 1.16 bits per heavy atom.